The van der Waals surface area contributed by atoms with Gasteiger partial charge < -0.3 is 15.5 Å². The predicted octanol–water partition coefficient (Wildman–Crippen LogP) is 0.529. The zero-order chi connectivity index (χ0) is 19.8. The van der Waals surface area contributed by atoms with Gasteiger partial charge in [-0.15, -0.1) is 0 Å². The Morgan fingerprint density at radius 2 is 1.67 bits per heavy atom. The minimum absolute atomic E-state index is 0.0575. The van der Waals surface area contributed by atoms with Crippen molar-refractivity contribution in [2.24, 2.45) is 5.92 Å². The van der Waals surface area contributed by atoms with Crippen LogP contribution in [0.5, 0.6) is 0 Å². The van der Waals surface area contributed by atoms with Crippen LogP contribution in [0.15, 0.2) is 24.3 Å². The van der Waals surface area contributed by atoms with E-state index in [1.807, 2.05) is 4.90 Å². The van der Waals surface area contributed by atoms with Gasteiger partial charge in [0.25, 0.3) is 0 Å². The first-order valence-electron chi connectivity index (χ1n) is 9.08. The minimum Gasteiger partial charge on any atom is -0.481 e. The van der Waals surface area contributed by atoms with Crippen molar-refractivity contribution >= 4 is 23.3 Å². The molecule has 0 saturated carbocycles. The van der Waals surface area contributed by atoms with E-state index in [1.54, 1.807) is 24.3 Å². The van der Waals surface area contributed by atoms with Gasteiger partial charge in [-0.25, -0.2) is 0 Å². The van der Waals surface area contributed by atoms with Gasteiger partial charge in [0, 0.05) is 56.9 Å². The third-order valence-corrected chi connectivity index (χ3v) is 4.72. The molecule has 1 aromatic carbocycles. The summed E-state index contributed by atoms with van der Waals surface area (Å²) in [6, 6.07) is 6.51. The predicted molar refractivity (Wildman–Crippen MR) is 101 cm³/mol. The molecule has 0 aliphatic carbocycles. The summed E-state index contributed by atoms with van der Waals surface area (Å²) in [4.78, 5) is 39.2. The van der Waals surface area contributed by atoms with Gasteiger partial charge in [-0.2, -0.15) is 0 Å². The van der Waals surface area contributed by atoms with Gasteiger partial charge >= 0.3 is 5.97 Å². The van der Waals surface area contributed by atoms with E-state index in [0.29, 0.717) is 24.3 Å². The van der Waals surface area contributed by atoms with E-state index in [-0.39, 0.29) is 24.7 Å². The number of amides is 1. The van der Waals surface area contributed by atoms with Crippen LogP contribution >= 0.6 is 0 Å². The van der Waals surface area contributed by atoms with Crippen LogP contribution in [-0.4, -0.2) is 83.5 Å². The van der Waals surface area contributed by atoms with E-state index in [0.717, 1.165) is 26.2 Å². The number of carboxylic acids is 1. The fourth-order valence-electron chi connectivity index (χ4n) is 3.10. The van der Waals surface area contributed by atoms with Crippen LogP contribution in [0.1, 0.15) is 23.7 Å². The van der Waals surface area contributed by atoms with Gasteiger partial charge in [-0.3, -0.25) is 24.2 Å². The minimum atomic E-state index is -0.991. The van der Waals surface area contributed by atoms with Crippen molar-refractivity contribution in [3.05, 3.63) is 29.8 Å². The lowest BCUT2D eigenvalue weighted by atomic mass is 10.0. The molecule has 27 heavy (non-hydrogen) atoms. The van der Waals surface area contributed by atoms with Crippen LogP contribution < -0.4 is 5.32 Å². The second-order valence-corrected chi connectivity index (χ2v) is 6.79. The summed E-state index contributed by atoms with van der Waals surface area (Å²) >= 11 is 0. The van der Waals surface area contributed by atoms with Crippen molar-refractivity contribution in [3.63, 3.8) is 0 Å². The van der Waals surface area contributed by atoms with E-state index in [9.17, 15) is 19.5 Å². The van der Waals surface area contributed by atoms with Crippen molar-refractivity contribution in [1.82, 2.24) is 9.80 Å². The maximum Gasteiger partial charge on any atom is 0.308 e. The van der Waals surface area contributed by atoms with Crippen molar-refractivity contribution < 1.29 is 24.6 Å². The van der Waals surface area contributed by atoms with E-state index >= 15 is 0 Å². The Hall–Kier alpha value is -2.29. The van der Waals surface area contributed by atoms with Gasteiger partial charge in [0.2, 0.25) is 5.91 Å². The van der Waals surface area contributed by atoms with E-state index in [1.165, 1.54) is 6.92 Å². The number of carboxylic acid groups (broad SMARTS) is 1. The third kappa shape index (κ3) is 6.74. The Labute approximate surface area is 158 Å². The average molecular weight is 377 g/mol. The van der Waals surface area contributed by atoms with Gasteiger partial charge in [-0.05, 0) is 31.2 Å². The molecule has 1 aliphatic rings. The number of β-amino-alcohol motifs (C(OH)–C–C–N with tert-alkyl or cyclic N) is 1. The summed E-state index contributed by atoms with van der Waals surface area (Å²) in [6.07, 6.45) is -0.110. The molecule has 8 heteroatoms. The van der Waals surface area contributed by atoms with E-state index < -0.39 is 11.9 Å². The Kier molecular flexibility index (Phi) is 7.90. The fraction of sp³-hybridized carbons (Fsp3) is 0.526. The Morgan fingerprint density at radius 1 is 1.07 bits per heavy atom. The maximum atomic E-state index is 12.2. The number of carbonyl (C=O) groups excluding carboxylic acids is 2. The number of hydrogen-bond donors (Lipinski definition) is 3. The summed E-state index contributed by atoms with van der Waals surface area (Å²) in [5, 5.41) is 21.1. The van der Waals surface area contributed by atoms with Gasteiger partial charge in [-0.1, -0.05) is 0 Å². The number of piperazine rings is 1. The largest absolute Gasteiger partial charge is 0.481 e. The number of benzene rings is 1. The fourth-order valence-corrected chi connectivity index (χ4v) is 3.10. The molecule has 1 amide bonds. The first-order chi connectivity index (χ1) is 12.9. The monoisotopic (exact) mass is 377 g/mol. The lowest BCUT2D eigenvalue weighted by Crippen LogP contribution is -2.49. The van der Waals surface area contributed by atoms with Crippen LogP contribution in [0.4, 0.5) is 5.69 Å². The van der Waals surface area contributed by atoms with Crippen molar-refractivity contribution in [1.29, 1.82) is 0 Å². The number of aliphatic carboxylic acids is 1. The van der Waals surface area contributed by atoms with Gasteiger partial charge in [0.1, 0.15) is 0 Å². The summed E-state index contributed by atoms with van der Waals surface area (Å²) in [6.45, 7) is 5.53. The SMILES string of the molecule is CC(=O)c1ccc(NC(=O)C[C@@H](CN2CCN(CCO)CC2)C(=O)O)cc1. The van der Waals surface area contributed by atoms with Crippen molar-refractivity contribution in [2.45, 2.75) is 13.3 Å². The molecule has 0 radical (unpaired) electrons. The zero-order valence-electron chi connectivity index (χ0n) is 15.6. The van der Waals surface area contributed by atoms with E-state index in [4.69, 9.17) is 5.11 Å². The number of rotatable bonds is 9. The highest BCUT2D eigenvalue weighted by Crippen LogP contribution is 2.14. The first kappa shape index (κ1) is 21.0. The molecule has 1 aromatic rings. The number of hydrogen-bond acceptors (Lipinski definition) is 6. The molecule has 2 rings (SSSR count). The lowest BCUT2D eigenvalue weighted by molar-refractivity contribution is -0.144. The van der Waals surface area contributed by atoms with Crippen LogP contribution in [0.3, 0.4) is 0 Å². The molecule has 148 valence electrons. The smallest absolute Gasteiger partial charge is 0.308 e. The van der Waals surface area contributed by atoms with E-state index in [2.05, 4.69) is 10.2 Å². The topological polar surface area (TPSA) is 110 Å². The molecule has 1 fully saturated rings. The normalized spacial score (nSPS) is 16.7. The average Bonchev–Trinajstić information content (AvgIpc) is 2.63. The van der Waals surface area contributed by atoms with Crippen molar-refractivity contribution in [3.8, 4) is 0 Å². The number of nitrogens with zero attached hydrogens (tertiary/aromatic N) is 2. The van der Waals surface area contributed by atoms with Gasteiger partial charge in [0.15, 0.2) is 5.78 Å². The first-order valence-corrected chi connectivity index (χ1v) is 9.08. The molecule has 0 bridgehead atoms. The highest BCUT2D eigenvalue weighted by atomic mass is 16.4. The second kappa shape index (κ2) is 10.1. The molecular weight excluding hydrogens is 350 g/mol. The van der Waals surface area contributed by atoms with Crippen LogP contribution in [-0.2, 0) is 9.59 Å². The highest BCUT2D eigenvalue weighted by molar-refractivity contribution is 5.96. The van der Waals surface area contributed by atoms with Gasteiger partial charge in [0.05, 0.1) is 12.5 Å². The third-order valence-electron chi connectivity index (χ3n) is 4.72. The molecular formula is C19H27N3O5. The highest BCUT2D eigenvalue weighted by Gasteiger charge is 2.26. The number of aliphatic hydroxyl groups excluding tert-OH is 1. The maximum absolute atomic E-state index is 12.2. The molecule has 1 heterocycles. The number of aliphatic hydroxyl groups is 1. The molecule has 8 nitrogen and oxygen atoms in total. The quantitative estimate of drug-likeness (QED) is 0.538. The van der Waals surface area contributed by atoms with Crippen LogP contribution in [0.25, 0.3) is 0 Å². The van der Waals surface area contributed by atoms with Crippen LogP contribution in [0, 0.1) is 5.92 Å². The Bertz CT molecular complexity index is 654. The number of ketones is 1. The molecule has 1 saturated heterocycles. The zero-order valence-corrected chi connectivity index (χ0v) is 15.6. The number of Topliss-reactive ketones (excluding diaryl/α,β-unsaturated/α-hetero) is 1. The summed E-state index contributed by atoms with van der Waals surface area (Å²) in [5.41, 5.74) is 1.09. The summed E-state index contributed by atoms with van der Waals surface area (Å²) in [5.74, 6) is -2.20. The molecule has 0 aromatic heterocycles. The molecule has 1 atom stereocenters. The number of nitrogens with one attached hydrogen (secondary N) is 1. The number of carbonyl (C=O) groups is 3. The molecule has 3 N–H and O–H groups in total. The van der Waals surface area contributed by atoms with Crippen molar-refractivity contribution in [2.75, 3.05) is 51.2 Å². The summed E-state index contributed by atoms with van der Waals surface area (Å²) < 4.78 is 0. The second-order valence-electron chi connectivity index (χ2n) is 6.79. The lowest BCUT2D eigenvalue weighted by Gasteiger charge is -2.35. The number of anilines is 1. The summed E-state index contributed by atoms with van der Waals surface area (Å²) in [7, 11) is 0. The Morgan fingerprint density at radius 3 is 2.19 bits per heavy atom. The Balaban J connectivity index is 1.85. The molecule has 0 unspecified atom stereocenters. The molecule has 0 spiro atoms. The standard InChI is InChI=1S/C19H27N3O5/c1-14(24)15-2-4-17(5-3-15)20-18(25)12-16(19(26)27)13-22-8-6-21(7-9-22)10-11-23/h2-5,16,23H,6-13H2,1H3,(H,20,25)(H,26,27)/t16-/m0/s1. The molecule has 1 aliphatic heterocycles. The van der Waals surface area contributed by atoms with Crippen LogP contribution in [0.2, 0.25) is 0 Å².